The average Bonchev–Trinajstić information content (AvgIpc) is 2.96. The topological polar surface area (TPSA) is 61.4 Å². The smallest absolute Gasteiger partial charge is 0.237 e. The van der Waals surface area contributed by atoms with E-state index >= 15 is 0 Å². The van der Waals surface area contributed by atoms with Gasteiger partial charge in [0.2, 0.25) is 5.91 Å². The summed E-state index contributed by atoms with van der Waals surface area (Å²) in [5, 5.41) is 15.7. The van der Waals surface area contributed by atoms with Gasteiger partial charge in [0.15, 0.2) is 0 Å². The molecule has 1 heterocycles. The number of hydrogen-bond acceptors (Lipinski definition) is 3. The molecule has 4 nitrogen and oxygen atoms in total. The molecule has 0 spiro atoms. The first-order valence-corrected chi connectivity index (χ1v) is 7.99. The molecule has 2 atom stereocenters. The van der Waals surface area contributed by atoms with E-state index in [1.807, 2.05) is 0 Å². The number of amides is 1. The zero-order valence-corrected chi connectivity index (χ0v) is 12.3. The van der Waals surface area contributed by atoms with Crippen molar-refractivity contribution in [1.29, 1.82) is 0 Å². The predicted molar refractivity (Wildman–Crippen MR) is 82.0 cm³/mol. The molecule has 1 aromatic rings. The molecule has 1 amide bonds. The fraction of sp³-hybridized carbons (Fsp3) is 0.588. The summed E-state index contributed by atoms with van der Waals surface area (Å²) in [6.45, 7) is 0.527. The number of aliphatic hydroxyl groups excluding tert-OH is 1. The summed E-state index contributed by atoms with van der Waals surface area (Å²) in [6, 6.07) is 10.7. The van der Waals surface area contributed by atoms with E-state index in [1.54, 1.807) is 0 Å². The van der Waals surface area contributed by atoms with Gasteiger partial charge in [0.05, 0.1) is 12.1 Å². The Kier molecular flexibility index (Phi) is 4.56. The number of hydrogen-bond donors (Lipinski definition) is 3. The molecule has 0 aromatic heterocycles. The van der Waals surface area contributed by atoms with Gasteiger partial charge in [-0.3, -0.25) is 4.79 Å². The monoisotopic (exact) mass is 288 g/mol. The van der Waals surface area contributed by atoms with Gasteiger partial charge in [0.25, 0.3) is 0 Å². The summed E-state index contributed by atoms with van der Waals surface area (Å²) < 4.78 is 0. The average molecular weight is 288 g/mol. The lowest BCUT2D eigenvalue weighted by Gasteiger charge is -2.30. The highest BCUT2D eigenvalue weighted by Crippen LogP contribution is 2.32. The van der Waals surface area contributed by atoms with Gasteiger partial charge in [-0.25, -0.2) is 0 Å². The minimum Gasteiger partial charge on any atom is -0.392 e. The molecule has 1 saturated heterocycles. The van der Waals surface area contributed by atoms with Crippen LogP contribution in [0, 0.1) is 0 Å². The van der Waals surface area contributed by atoms with Crippen LogP contribution in [-0.2, 0) is 4.79 Å². The molecule has 2 unspecified atom stereocenters. The molecule has 1 aromatic carbocycles. The van der Waals surface area contributed by atoms with E-state index < -0.39 is 0 Å². The molecule has 1 aliphatic carbocycles. The van der Waals surface area contributed by atoms with E-state index in [4.69, 9.17) is 0 Å². The van der Waals surface area contributed by atoms with Gasteiger partial charge in [-0.1, -0.05) is 30.3 Å². The lowest BCUT2D eigenvalue weighted by atomic mass is 9.81. The molecule has 1 saturated carbocycles. The molecule has 114 valence electrons. The Labute approximate surface area is 125 Å². The number of carbonyl (C=O) groups excluding carboxylic acids is 1. The Morgan fingerprint density at radius 1 is 1.14 bits per heavy atom. The van der Waals surface area contributed by atoms with E-state index in [-0.39, 0.29) is 24.1 Å². The van der Waals surface area contributed by atoms with E-state index in [2.05, 4.69) is 41.0 Å². The van der Waals surface area contributed by atoms with Gasteiger partial charge in [0, 0.05) is 12.6 Å². The van der Waals surface area contributed by atoms with E-state index in [9.17, 15) is 9.90 Å². The van der Waals surface area contributed by atoms with Gasteiger partial charge >= 0.3 is 0 Å². The van der Waals surface area contributed by atoms with Crippen LogP contribution in [0.3, 0.4) is 0 Å². The van der Waals surface area contributed by atoms with Crippen molar-refractivity contribution in [2.75, 3.05) is 6.54 Å². The summed E-state index contributed by atoms with van der Waals surface area (Å²) in [4.78, 5) is 12.1. The maximum absolute atomic E-state index is 12.1. The quantitative estimate of drug-likeness (QED) is 0.791. The fourth-order valence-corrected chi connectivity index (χ4v) is 3.51. The molecule has 0 radical (unpaired) electrons. The zero-order valence-electron chi connectivity index (χ0n) is 12.3. The third-order valence-corrected chi connectivity index (χ3v) is 4.77. The van der Waals surface area contributed by atoms with Crippen LogP contribution >= 0.6 is 0 Å². The van der Waals surface area contributed by atoms with E-state index in [0.717, 1.165) is 25.7 Å². The molecule has 3 N–H and O–H groups in total. The number of carbonyl (C=O) groups is 1. The lowest BCUT2D eigenvalue weighted by molar-refractivity contribution is -0.123. The van der Waals surface area contributed by atoms with Crippen molar-refractivity contribution in [3.8, 4) is 0 Å². The van der Waals surface area contributed by atoms with E-state index in [0.29, 0.717) is 18.9 Å². The summed E-state index contributed by atoms with van der Waals surface area (Å²) in [7, 11) is 0. The Morgan fingerprint density at radius 2 is 1.86 bits per heavy atom. The largest absolute Gasteiger partial charge is 0.392 e. The molecule has 3 rings (SSSR count). The first-order valence-electron chi connectivity index (χ1n) is 7.99. The molecule has 21 heavy (non-hydrogen) atoms. The van der Waals surface area contributed by atoms with Crippen LogP contribution in [0.5, 0.6) is 0 Å². The highest BCUT2D eigenvalue weighted by atomic mass is 16.3. The third kappa shape index (κ3) is 3.63. The minimum atomic E-state index is -0.380. The lowest BCUT2D eigenvalue weighted by Crippen LogP contribution is -2.46. The van der Waals surface area contributed by atoms with Crippen molar-refractivity contribution in [3.63, 3.8) is 0 Å². The highest BCUT2D eigenvalue weighted by molar-refractivity contribution is 5.82. The van der Waals surface area contributed by atoms with Gasteiger partial charge < -0.3 is 15.7 Å². The summed E-state index contributed by atoms with van der Waals surface area (Å²) in [5.41, 5.74) is 1.42. The maximum atomic E-state index is 12.1. The summed E-state index contributed by atoms with van der Waals surface area (Å²) in [6.07, 6.45) is 4.51. The van der Waals surface area contributed by atoms with Crippen LogP contribution in [0.25, 0.3) is 0 Å². The van der Waals surface area contributed by atoms with Gasteiger partial charge in [-0.05, 0) is 43.6 Å². The first-order chi connectivity index (χ1) is 10.2. The molecular formula is C17H24N2O2. The second kappa shape index (κ2) is 6.58. The second-order valence-corrected chi connectivity index (χ2v) is 6.32. The molecule has 1 aliphatic heterocycles. The van der Waals surface area contributed by atoms with Crippen LogP contribution < -0.4 is 10.6 Å². The highest BCUT2D eigenvalue weighted by Gasteiger charge is 2.30. The van der Waals surface area contributed by atoms with Gasteiger partial charge in [-0.15, -0.1) is 0 Å². The molecule has 0 bridgehead atoms. The molecule has 2 fully saturated rings. The van der Waals surface area contributed by atoms with Crippen molar-refractivity contribution in [3.05, 3.63) is 35.9 Å². The maximum Gasteiger partial charge on any atom is 0.237 e. The number of β-amino-alcohol motifs (C(OH)–C–C–N with tert-alkyl or cyclic N) is 1. The third-order valence-electron chi connectivity index (χ3n) is 4.77. The standard InChI is InChI=1S/C17H24N2O2/c20-15-10-16(18-11-15)17(21)19-14-8-6-13(7-9-14)12-4-2-1-3-5-12/h1-5,13-16,18,20H,6-11H2,(H,19,21). The SMILES string of the molecule is O=C(NC1CCC(c2ccccc2)CC1)C1CC(O)CN1. The minimum absolute atomic E-state index is 0.0507. The first kappa shape index (κ1) is 14.5. The summed E-state index contributed by atoms with van der Waals surface area (Å²) in [5.74, 6) is 0.681. The van der Waals surface area contributed by atoms with Crippen LogP contribution in [0.4, 0.5) is 0 Å². The van der Waals surface area contributed by atoms with E-state index in [1.165, 1.54) is 5.56 Å². The van der Waals surface area contributed by atoms with Crippen LogP contribution in [-0.4, -0.2) is 35.7 Å². The van der Waals surface area contributed by atoms with Gasteiger partial charge in [-0.2, -0.15) is 0 Å². The van der Waals surface area contributed by atoms with Crippen molar-refractivity contribution >= 4 is 5.91 Å². The molecular weight excluding hydrogens is 264 g/mol. The molecule has 4 heteroatoms. The second-order valence-electron chi connectivity index (χ2n) is 6.32. The number of nitrogens with one attached hydrogen (secondary N) is 2. The zero-order chi connectivity index (χ0) is 14.7. The Bertz CT molecular complexity index is 469. The van der Waals surface area contributed by atoms with Crippen molar-refractivity contribution < 1.29 is 9.90 Å². The van der Waals surface area contributed by atoms with Crippen molar-refractivity contribution in [2.24, 2.45) is 0 Å². The normalized spacial score (nSPS) is 32.8. The number of aliphatic hydroxyl groups is 1. The number of rotatable bonds is 3. The van der Waals surface area contributed by atoms with Crippen molar-refractivity contribution in [1.82, 2.24) is 10.6 Å². The summed E-state index contributed by atoms with van der Waals surface area (Å²) >= 11 is 0. The Hall–Kier alpha value is -1.39. The predicted octanol–water partition coefficient (Wildman–Crippen LogP) is 1.55. The van der Waals surface area contributed by atoms with Crippen LogP contribution in [0.15, 0.2) is 30.3 Å². The Morgan fingerprint density at radius 3 is 2.48 bits per heavy atom. The van der Waals surface area contributed by atoms with Crippen LogP contribution in [0.2, 0.25) is 0 Å². The number of benzene rings is 1. The van der Waals surface area contributed by atoms with Crippen molar-refractivity contribution in [2.45, 2.75) is 56.2 Å². The fourth-order valence-electron chi connectivity index (χ4n) is 3.51. The molecule has 2 aliphatic rings. The van der Waals surface area contributed by atoms with Gasteiger partial charge in [0.1, 0.15) is 0 Å². The Balaban J connectivity index is 1.47. The van der Waals surface area contributed by atoms with Crippen LogP contribution in [0.1, 0.15) is 43.6 Å².